The molecule has 0 aromatic rings. The maximum absolute atomic E-state index is 7.94. The third kappa shape index (κ3) is 36.3. The quantitative estimate of drug-likeness (QED) is 0.289. The molecule has 1 saturated heterocycles. The molecule has 1 rings (SSSR count). The van der Waals surface area contributed by atoms with E-state index in [-0.39, 0.29) is 42.4 Å². The van der Waals surface area contributed by atoms with E-state index in [4.69, 9.17) is 19.7 Å². The van der Waals surface area contributed by atoms with Crippen molar-refractivity contribution in [2.45, 2.75) is 12.5 Å². The Bertz CT molecular complexity index is 126. The molecule has 0 amide bonds. The Kier molecular flexibility index (Phi) is 39.7. The van der Waals surface area contributed by atoms with Crippen LogP contribution < -0.4 is 0 Å². The van der Waals surface area contributed by atoms with Gasteiger partial charge in [-0.1, -0.05) is 0 Å². The fraction of sp³-hybridized carbons (Fsp3) is 0.846. The van der Waals surface area contributed by atoms with Gasteiger partial charge in [0.2, 0.25) is 0 Å². The third-order valence-electron chi connectivity index (χ3n) is 1.59. The monoisotopic (exact) mass is 330 g/mol. The van der Waals surface area contributed by atoms with Crippen LogP contribution in [0.4, 0.5) is 0 Å². The maximum Gasteiger partial charge on any atom is 2.00 e. The summed E-state index contributed by atoms with van der Waals surface area (Å²) in [4.78, 5) is 0. The molecule has 0 radical (unpaired) electrons. The van der Waals surface area contributed by atoms with Gasteiger partial charge in [-0.3, -0.25) is 0 Å². The Morgan fingerprint density at radius 2 is 1.55 bits per heavy atom. The van der Waals surface area contributed by atoms with Gasteiger partial charge in [0, 0.05) is 20.8 Å². The molecular weight excluding hydrogens is 300 g/mol. The molecule has 2 N–H and O–H groups in total. The largest absolute Gasteiger partial charge is 2.00 e. The summed E-state index contributed by atoms with van der Waals surface area (Å²) in [6.45, 7) is 7.18. The predicted molar refractivity (Wildman–Crippen MR) is 74.9 cm³/mol. The van der Waals surface area contributed by atoms with E-state index in [2.05, 4.69) is 16.4 Å². The number of rotatable bonds is 8. The summed E-state index contributed by atoms with van der Waals surface area (Å²) in [6.07, 6.45) is 1.26. The number of epoxide rings is 1. The van der Waals surface area contributed by atoms with E-state index in [0.717, 1.165) is 26.2 Å². The first-order valence-corrected chi connectivity index (χ1v) is 5.94. The van der Waals surface area contributed by atoms with Crippen LogP contribution in [0.15, 0.2) is 0 Å². The zero-order valence-corrected chi connectivity index (χ0v) is 14.5. The topological polar surface area (TPSA) is 80.7 Å². The molecule has 7 heteroatoms. The summed E-state index contributed by atoms with van der Waals surface area (Å²) in [7, 11) is 3.10. The van der Waals surface area contributed by atoms with Gasteiger partial charge >= 0.3 is 21.7 Å². The van der Waals surface area contributed by atoms with E-state index in [1.807, 2.05) is 0 Å². The van der Waals surface area contributed by atoms with E-state index in [0.29, 0.717) is 19.3 Å². The summed E-state index contributed by atoms with van der Waals surface area (Å²) in [5.41, 5.74) is 0. The Morgan fingerprint density at radius 3 is 1.75 bits per heavy atom. The van der Waals surface area contributed by atoms with Crippen molar-refractivity contribution in [3.63, 3.8) is 0 Å². The molecular formula is C13H30O6Ti. The molecule has 6 nitrogen and oxygen atoms in total. The second-order valence-electron chi connectivity index (χ2n) is 3.32. The minimum Gasteiger partial charge on any atom is -0.394 e. The van der Waals surface area contributed by atoms with E-state index in [1.54, 1.807) is 14.2 Å². The summed E-state index contributed by atoms with van der Waals surface area (Å²) >= 11 is 0. The van der Waals surface area contributed by atoms with Crippen LogP contribution >= 0.6 is 0 Å². The molecule has 1 atom stereocenters. The average Bonchev–Trinajstić information content (AvgIpc) is 3.17. The number of aliphatic hydroxyl groups is 2. The smallest absolute Gasteiger partial charge is 0.394 e. The molecule has 0 aromatic carbocycles. The van der Waals surface area contributed by atoms with Gasteiger partial charge in [0.25, 0.3) is 0 Å². The summed E-state index contributed by atoms with van der Waals surface area (Å²) < 4.78 is 18.9. The second-order valence-corrected chi connectivity index (χ2v) is 3.32. The van der Waals surface area contributed by atoms with Gasteiger partial charge in [-0.15, -0.1) is 0 Å². The number of hydrogen-bond donors (Lipinski definition) is 2. The van der Waals surface area contributed by atoms with Gasteiger partial charge in [0.15, 0.2) is 0 Å². The van der Waals surface area contributed by atoms with Crippen LogP contribution in [-0.4, -0.2) is 76.8 Å². The molecule has 1 heterocycles. The minimum absolute atomic E-state index is 0. The Hall–Kier alpha value is 0.474. The Morgan fingerprint density at radius 1 is 1.10 bits per heavy atom. The van der Waals surface area contributed by atoms with Crippen molar-refractivity contribution in [3.05, 3.63) is 14.4 Å². The number of methoxy groups -OCH3 is 2. The van der Waals surface area contributed by atoms with Crippen molar-refractivity contribution in [2.24, 2.45) is 0 Å². The molecule has 0 bridgehead atoms. The maximum atomic E-state index is 7.94. The zero-order chi connectivity index (χ0) is 14.1. The van der Waals surface area contributed by atoms with Gasteiger partial charge in [-0.25, -0.2) is 0 Å². The number of hydrogen-bond acceptors (Lipinski definition) is 6. The van der Waals surface area contributed by atoms with Gasteiger partial charge in [-0.2, -0.15) is 6.42 Å². The van der Waals surface area contributed by atoms with Crippen molar-refractivity contribution < 1.29 is 50.9 Å². The van der Waals surface area contributed by atoms with Gasteiger partial charge < -0.3 is 43.5 Å². The van der Waals surface area contributed by atoms with Gasteiger partial charge in [0.05, 0.1) is 39.6 Å². The fourth-order valence-electron chi connectivity index (χ4n) is 0.664. The van der Waals surface area contributed by atoms with Crippen molar-refractivity contribution in [1.29, 1.82) is 0 Å². The SMILES string of the molecule is COCCO.COCCO.[CH2-]CCOCC1CO1.[CH3-].[Ti+2]. The van der Waals surface area contributed by atoms with Crippen molar-refractivity contribution >= 4 is 0 Å². The van der Waals surface area contributed by atoms with Crippen molar-refractivity contribution in [2.75, 3.05) is 60.5 Å². The minimum atomic E-state index is 0. The van der Waals surface area contributed by atoms with E-state index < -0.39 is 0 Å². The van der Waals surface area contributed by atoms with E-state index in [1.165, 1.54) is 0 Å². The third-order valence-corrected chi connectivity index (χ3v) is 1.59. The zero-order valence-electron chi connectivity index (χ0n) is 13.0. The molecule has 122 valence electrons. The van der Waals surface area contributed by atoms with Crippen LogP contribution in [0, 0.1) is 14.4 Å². The van der Waals surface area contributed by atoms with Gasteiger partial charge in [0.1, 0.15) is 6.10 Å². The Balaban J connectivity index is -0.0000000960. The molecule has 0 aliphatic carbocycles. The first kappa shape index (κ1) is 28.6. The normalized spacial score (nSPS) is 14.6. The molecule has 0 saturated carbocycles. The second kappa shape index (κ2) is 27.8. The van der Waals surface area contributed by atoms with E-state index in [9.17, 15) is 0 Å². The Labute approximate surface area is 138 Å². The first-order chi connectivity index (χ1) is 8.76. The summed E-state index contributed by atoms with van der Waals surface area (Å²) in [5.74, 6) is 0. The standard InChI is InChI=1S/C6H11O2.2C3H8O2.CH3.Ti/c1-2-3-7-4-6-5-8-6;2*1-5-3-2-4;;/h6H,1-5H2;2*4H,2-3H2,1H3;1H3;/q-1;;;-1;+2. The van der Waals surface area contributed by atoms with Crippen LogP contribution in [0.2, 0.25) is 0 Å². The van der Waals surface area contributed by atoms with Crippen LogP contribution in [0.1, 0.15) is 6.42 Å². The molecule has 20 heavy (non-hydrogen) atoms. The van der Waals surface area contributed by atoms with Gasteiger partial charge in [-0.05, 0) is 0 Å². The molecule has 1 aliphatic heterocycles. The molecule has 0 aromatic heterocycles. The average molecular weight is 330 g/mol. The van der Waals surface area contributed by atoms with Crippen molar-refractivity contribution in [1.82, 2.24) is 0 Å². The molecule has 1 fully saturated rings. The fourth-order valence-corrected chi connectivity index (χ4v) is 0.664. The summed E-state index contributed by atoms with van der Waals surface area (Å²) in [6, 6.07) is 0. The first-order valence-electron chi connectivity index (χ1n) is 5.94. The molecule has 1 unspecified atom stereocenters. The summed E-state index contributed by atoms with van der Waals surface area (Å²) in [5, 5.41) is 15.9. The molecule has 0 spiro atoms. The predicted octanol–water partition coefficient (Wildman–Crippen LogP) is 0.324. The number of ether oxygens (including phenoxy) is 4. The van der Waals surface area contributed by atoms with Crippen LogP contribution in [0.5, 0.6) is 0 Å². The molecule has 1 aliphatic rings. The van der Waals surface area contributed by atoms with E-state index >= 15 is 0 Å². The van der Waals surface area contributed by atoms with Crippen LogP contribution in [-0.2, 0) is 40.7 Å². The number of aliphatic hydroxyl groups excluding tert-OH is 2. The van der Waals surface area contributed by atoms with Crippen LogP contribution in [0.25, 0.3) is 0 Å². The van der Waals surface area contributed by atoms with Crippen molar-refractivity contribution in [3.8, 4) is 0 Å². The van der Waals surface area contributed by atoms with Crippen LogP contribution in [0.3, 0.4) is 0 Å².